The first kappa shape index (κ1) is 24.4. The summed E-state index contributed by atoms with van der Waals surface area (Å²) in [6.07, 6.45) is 1.000. The monoisotopic (exact) mass is 464 g/mol. The molecule has 164 valence electrons. The predicted molar refractivity (Wildman–Crippen MR) is 117 cm³/mol. The number of hydrogen-bond acceptors (Lipinski definition) is 5. The van der Waals surface area contributed by atoms with Gasteiger partial charge in [0, 0.05) is 13.1 Å². The van der Waals surface area contributed by atoms with Crippen LogP contribution in [0, 0.1) is 0 Å². The Labute approximate surface area is 190 Å². The van der Waals surface area contributed by atoms with Gasteiger partial charge in [-0.25, -0.2) is 9.59 Å². The van der Waals surface area contributed by atoms with Gasteiger partial charge in [0.05, 0.1) is 11.1 Å². The molecule has 2 aromatic rings. The van der Waals surface area contributed by atoms with Crippen molar-refractivity contribution < 1.29 is 23.9 Å². The van der Waals surface area contributed by atoms with E-state index in [9.17, 15) is 19.2 Å². The van der Waals surface area contributed by atoms with E-state index in [1.807, 2.05) is 0 Å². The molecule has 0 aromatic heterocycles. The molecule has 2 amide bonds. The number of carbonyl (C=O) groups is 4. The van der Waals surface area contributed by atoms with Crippen molar-refractivity contribution in [2.75, 3.05) is 24.8 Å². The van der Waals surface area contributed by atoms with Crippen LogP contribution in [-0.4, -0.2) is 48.6 Å². The van der Waals surface area contributed by atoms with Crippen molar-refractivity contribution in [3.05, 3.63) is 70.8 Å². The fourth-order valence-corrected chi connectivity index (χ4v) is 2.89. The van der Waals surface area contributed by atoms with E-state index in [1.165, 1.54) is 0 Å². The third-order valence-electron chi connectivity index (χ3n) is 4.23. The summed E-state index contributed by atoms with van der Waals surface area (Å²) in [4.78, 5) is 47.1. The molecular weight excluding hydrogens is 443 g/mol. The third-order valence-corrected chi connectivity index (χ3v) is 4.71. The van der Waals surface area contributed by atoms with Crippen molar-refractivity contribution in [3.63, 3.8) is 0 Å². The molecular formula is C22H22Cl2N2O5. The van der Waals surface area contributed by atoms with Gasteiger partial charge in [-0.15, -0.1) is 23.2 Å². The van der Waals surface area contributed by atoms with Crippen molar-refractivity contribution in [2.24, 2.45) is 0 Å². The van der Waals surface area contributed by atoms with Crippen molar-refractivity contribution in [3.8, 4) is 0 Å². The molecule has 0 radical (unpaired) electrons. The van der Waals surface area contributed by atoms with E-state index in [4.69, 9.17) is 27.9 Å². The molecule has 0 saturated heterocycles. The van der Waals surface area contributed by atoms with Crippen LogP contribution in [-0.2, 0) is 27.2 Å². The molecule has 0 saturated carbocycles. The summed E-state index contributed by atoms with van der Waals surface area (Å²) in [6, 6.07) is 13.3. The highest BCUT2D eigenvalue weighted by Crippen LogP contribution is 2.11. The van der Waals surface area contributed by atoms with Crippen molar-refractivity contribution in [1.82, 2.24) is 10.6 Å². The van der Waals surface area contributed by atoms with Gasteiger partial charge in [0.25, 0.3) is 0 Å². The molecule has 0 bridgehead atoms. The minimum Gasteiger partial charge on any atom is -0.386 e. The van der Waals surface area contributed by atoms with Gasteiger partial charge in [-0.3, -0.25) is 9.59 Å². The lowest BCUT2D eigenvalue weighted by molar-refractivity contribution is -0.119. The molecule has 0 aliphatic rings. The number of esters is 2. The van der Waals surface area contributed by atoms with E-state index in [1.54, 1.807) is 48.5 Å². The number of halogens is 2. The smallest absolute Gasteiger partial charge is 0.346 e. The standard InChI is InChI=1S/C22H22Cl2N2O5/c23-13-19(27)25-9-7-15-3-1-5-17(11-15)21(29)31-22(30)18-6-2-4-16(12-18)8-10-26-20(28)14-24/h1-6,11-12H,7-10,13-14H2,(H,25,27)(H,26,28). The molecule has 31 heavy (non-hydrogen) atoms. The van der Waals surface area contributed by atoms with E-state index in [-0.39, 0.29) is 34.7 Å². The Kier molecular flexibility index (Phi) is 10.00. The van der Waals surface area contributed by atoms with E-state index in [2.05, 4.69) is 10.6 Å². The number of nitrogens with one attached hydrogen (secondary N) is 2. The minimum atomic E-state index is -0.767. The van der Waals surface area contributed by atoms with Crippen LogP contribution in [0.2, 0.25) is 0 Å². The first-order valence-corrected chi connectivity index (χ1v) is 10.6. The second-order valence-electron chi connectivity index (χ2n) is 6.54. The molecule has 0 spiro atoms. The molecule has 9 heteroatoms. The molecule has 0 fully saturated rings. The van der Waals surface area contributed by atoms with E-state index in [0.717, 1.165) is 11.1 Å². The van der Waals surface area contributed by atoms with Crippen LogP contribution in [0.25, 0.3) is 0 Å². The van der Waals surface area contributed by atoms with Gasteiger partial charge in [0.1, 0.15) is 11.8 Å². The van der Waals surface area contributed by atoms with E-state index in [0.29, 0.717) is 25.9 Å². The molecule has 2 rings (SSSR count). The normalized spacial score (nSPS) is 10.3. The Bertz CT molecular complexity index is 874. The lowest BCUT2D eigenvalue weighted by Crippen LogP contribution is -2.26. The van der Waals surface area contributed by atoms with Gasteiger partial charge in [-0.05, 0) is 48.2 Å². The van der Waals surface area contributed by atoms with Crippen molar-refractivity contribution in [1.29, 1.82) is 0 Å². The summed E-state index contributed by atoms with van der Waals surface area (Å²) in [5, 5.41) is 5.28. The van der Waals surface area contributed by atoms with Crippen molar-refractivity contribution in [2.45, 2.75) is 12.8 Å². The number of ether oxygens (including phenoxy) is 1. The summed E-state index contributed by atoms with van der Waals surface area (Å²) < 4.78 is 5.00. The summed E-state index contributed by atoms with van der Waals surface area (Å²) in [7, 11) is 0. The molecule has 0 aliphatic carbocycles. The van der Waals surface area contributed by atoms with Crippen LogP contribution >= 0.6 is 23.2 Å². The van der Waals surface area contributed by atoms with Gasteiger partial charge in [-0.2, -0.15) is 0 Å². The fraction of sp³-hybridized carbons (Fsp3) is 0.273. The topological polar surface area (TPSA) is 102 Å². The maximum Gasteiger partial charge on any atom is 0.346 e. The zero-order valence-corrected chi connectivity index (χ0v) is 18.2. The number of carbonyl (C=O) groups excluding carboxylic acids is 4. The van der Waals surface area contributed by atoms with Crippen molar-refractivity contribution >= 4 is 47.0 Å². The molecule has 0 aliphatic heterocycles. The summed E-state index contributed by atoms with van der Waals surface area (Å²) in [6.45, 7) is 0.752. The number of rotatable bonds is 10. The Hall–Kier alpha value is -2.90. The van der Waals surface area contributed by atoms with E-state index >= 15 is 0 Å². The highest BCUT2D eigenvalue weighted by molar-refractivity contribution is 6.27. The zero-order valence-electron chi connectivity index (χ0n) is 16.7. The maximum atomic E-state index is 12.4. The Morgan fingerprint density at radius 1 is 0.710 bits per heavy atom. The summed E-state index contributed by atoms with van der Waals surface area (Å²) in [5.41, 5.74) is 2.07. The SMILES string of the molecule is O=C(CCl)NCCc1cccc(C(=O)OC(=O)c2cccc(CCNC(=O)CCl)c2)c1. The second kappa shape index (κ2) is 12.7. The highest BCUT2D eigenvalue weighted by atomic mass is 35.5. The second-order valence-corrected chi connectivity index (χ2v) is 7.08. The average molecular weight is 465 g/mol. The number of benzene rings is 2. The predicted octanol–water partition coefficient (Wildman–Crippen LogP) is 2.48. The summed E-state index contributed by atoms with van der Waals surface area (Å²) >= 11 is 10.9. The minimum absolute atomic E-state index is 0.113. The van der Waals surface area contributed by atoms with E-state index < -0.39 is 11.9 Å². The molecule has 2 N–H and O–H groups in total. The lowest BCUT2D eigenvalue weighted by Gasteiger charge is -2.08. The van der Waals surface area contributed by atoms with Gasteiger partial charge >= 0.3 is 11.9 Å². The first-order chi connectivity index (χ1) is 14.9. The van der Waals surface area contributed by atoms with Gasteiger partial charge in [0.15, 0.2) is 0 Å². The lowest BCUT2D eigenvalue weighted by atomic mass is 10.1. The van der Waals surface area contributed by atoms with Crippen LogP contribution in [0.3, 0.4) is 0 Å². The zero-order chi connectivity index (χ0) is 22.6. The van der Waals surface area contributed by atoms with Crippen LogP contribution in [0.5, 0.6) is 0 Å². The van der Waals surface area contributed by atoms with Crippen LogP contribution in [0.15, 0.2) is 48.5 Å². The Morgan fingerprint density at radius 3 is 1.52 bits per heavy atom. The van der Waals surface area contributed by atoms with Gasteiger partial charge in [-0.1, -0.05) is 24.3 Å². The summed E-state index contributed by atoms with van der Waals surface area (Å²) in [5.74, 6) is -2.30. The first-order valence-electron chi connectivity index (χ1n) is 9.52. The quantitative estimate of drug-likeness (QED) is 0.319. The molecule has 2 aromatic carbocycles. The molecule has 0 heterocycles. The Balaban J connectivity index is 1.94. The number of amides is 2. The van der Waals surface area contributed by atoms with Gasteiger partial charge < -0.3 is 15.4 Å². The maximum absolute atomic E-state index is 12.4. The third kappa shape index (κ3) is 8.39. The molecule has 0 unspecified atom stereocenters. The Morgan fingerprint density at radius 2 is 1.13 bits per heavy atom. The van der Waals surface area contributed by atoms with Crippen LogP contribution in [0.4, 0.5) is 0 Å². The molecule has 0 atom stereocenters. The largest absolute Gasteiger partial charge is 0.386 e. The average Bonchev–Trinajstić information content (AvgIpc) is 2.79. The highest BCUT2D eigenvalue weighted by Gasteiger charge is 2.16. The van der Waals surface area contributed by atoms with Crippen LogP contribution < -0.4 is 10.6 Å². The van der Waals surface area contributed by atoms with Crippen LogP contribution in [0.1, 0.15) is 31.8 Å². The van der Waals surface area contributed by atoms with Gasteiger partial charge in [0.2, 0.25) is 11.8 Å². The fourth-order valence-electron chi connectivity index (χ4n) is 2.70. The molecule has 7 nitrogen and oxygen atoms in total. The number of hydrogen-bond donors (Lipinski definition) is 2. The number of alkyl halides is 2.